The first-order valence-electron chi connectivity index (χ1n) is 11.1. The molecule has 172 valence electrons. The number of methoxy groups -OCH3 is 1. The van der Waals surface area contributed by atoms with E-state index in [9.17, 15) is 9.59 Å². The fraction of sp³-hybridized carbons (Fsp3) is 0.308. The monoisotopic (exact) mass is 526 g/mol. The molecule has 0 bridgehead atoms. The predicted octanol–water partition coefficient (Wildman–Crippen LogP) is 5.94. The van der Waals surface area contributed by atoms with Crippen molar-refractivity contribution in [3.05, 3.63) is 69.1 Å². The van der Waals surface area contributed by atoms with E-state index in [-0.39, 0.29) is 18.4 Å². The Morgan fingerprint density at radius 2 is 2.09 bits per heavy atom. The van der Waals surface area contributed by atoms with Crippen LogP contribution in [0, 0.1) is 0 Å². The van der Waals surface area contributed by atoms with Gasteiger partial charge in [0.05, 0.1) is 22.2 Å². The number of carbonyl (C=O) groups is 2. The average molecular weight is 527 g/mol. The number of halogens is 1. The SMILES string of the molecule is COc1ccc(/C=C2/Sc3ccccc3N(CC(=O)NCCC3=CCCCC3)C2=O)cc1Br. The van der Waals surface area contributed by atoms with Gasteiger partial charge in [-0.2, -0.15) is 0 Å². The Balaban J connectivity index is 1.49. The molecule has 0 unspecified atom stereocenters. The molecule has 5 nitrogen and oxygen atoms in total. The minimum atomic E-state index is -0.171. The van der Waals surface area contributed by atoms with Gasteiger partial charge >= 0.3 is 0 Å². The molecule has 1 heterocycles. The molecule has 4 rings (SSSR count). The van der Waals surface area contributed by atoms with Crippen LogP contribution in [0.1, 0.15) is 37.7 Å². The van der Waals surface area contributed by atoms with Crippen LogP contribution in [0.4, 0.5) is 5.69 Å². The number of hydrogen-bond acceptors (Lipinski definition) is 4. The van der Waals surface area contributed by atoms with Gasteiger partial charge in [0.1, 0.15) is 12.3 Å². The van der Waals surface area contributed by atoms with Crippen molar-refractivity contribution < 1.29 is 14.3 Å². The molecular formula is C26H27BrN2O3S. The summed E-state index contributed by atoms with van der Waals surface area (Å²) in [6.07, 6.45) is 9.79. The highest BCUT2D eigenvalue weighted by atomic mass is 79.9. The topological polar surface area (TPSA) is 58.6 Å². The zero-order chi connectivity index (χ0) is 23.2. The largest absolute Gasteiger partial charge is 0.496 e. The zero-order valence-electron chi connectivity index (χ0n) is 18.6. The third-order valence-corrected chi connectivity index (χ3v) is 7.46. The standard InChI is InChI=1S/C26H27BrN2O3S/c1-32-22-12-11-19(15-20(22)27)16-24-26(31)29(21-9-5-6-10-23(21)33-24)17-25(30)28-14-13-18-7-3-2-4-8-18/h5-7,9-12,15-16H,2-4,8,13-14,17H2,1H3,(H,28,30)/b24-16+. The average Bonchev–Trinajstić information content (AvgIpc) is 2.82. The molecule has 1 aliphatic carbocycles. The summed E-state index contributed by atoms with van der Waals surface area (Å²) in [5, 5.41) is 2.99. The van der Waals surface area contributed by atoms with E-state index in [2.05, 4.69) is 27.3 Å². The van der Waals surface area contributed by atoms with Crippen LogP contribution in [0.3, 0.4) is 0 Å². The van der Waals surface area contributed by atoms with Crippen molar-refractivity contribution in [2.75, 3.05) is 25.1 Å². The molecule has 2 aliphatic rings. The normalized spacial score (nSPS) is 16.9. The van der Waals surface area contributed by atoms with Crippen LogP contribution in [0.25, 0.3) is 6.08 Å². The van der Waals surface area contributed by atoms with E-state index in [4.69, 9.17) is 4.74 Å². The maximum absolute atomic E-state index is 13.4. The molecule has 1 N–H and O–H groups in total. The lowest BCUT2D eigenvalue weighted by atomic mass is 9.97. The summed E-state index contributed by atoms with van der Waals surface area (Å²) in [5.74, 6) is 0.413. The van der Waals surface area contributed by atoms with Gasteiger partial charge in [-0.15, -0.1) is 0 Å². The molecule has 2 amide bonds. The summed E-state index contributed by atoms with van der Waals surface area (Å²) >= 11 is 4.92. The molecule has 0 spiro atoms. The molecule has 0 fully saturated rings. The van der Waals surface area contributed by atoms with Gasteiger partial charge < -0.3 is 10.1 Å². The summed E-state index contributed by atoms with van der Waals surface area (Å²) in [6, 6.07) is 13.4. The van der Waals surface area contributed by atoms with Gasteiger partial charge in [0.15, 0.2) is 0 Å². The summed E-state index contributed by atoms with van der Waals surface area (Å²) in [5.41, 5.74) is 3.07. The Morgan fingerprint density at radius 1 is 1.24 bits per heavy atom. The van der Waals surface area contributed by atoms with Crippen LogP contribution >= 0.6 is 27.7 Å². The summed E-state index contributed by atoms with van der Waals surface area (Å²) in [4.78, 5) is 29.2. The van der Waals surface area contributed by atoms with Crippen molar-refractivity contribution in [3.63, 3.8) is 0 Å². The molecule has 0 atom stereocenters. The van der Waals surface area contributed by atoms with E-state index in [1.807, 2.05) is 48.5 Å². The number of thioether (sulfide) groups is 1. The lowest BCUT2D eigenvalue weighted by Crippen LogP contribution is -2.43. The maximum Gasteiger partial charge on any atom is 0.265 e. The van der Waals surface area contributed by atoms with Crippen molar-refractivity contribution in [3.8, 4) is 5.75 Å². The van der Waals surface area contributed by atoms with Crippen molar-refractivity contribution >= 4 is 51.3 Å². The molecular weight excluding hydrogens is 500 g/mol. The van der Waals surface area contributed by atoms with Gasteiger partial charge in [-0.05, 0) is 83.9 Å². The Hall–Kier alpha value is -2.51. The van der Waals surface area contributed by atoms with Gasteiger partial charge in [0.25, 0.3) is 5.91 Å². The van der Waals surface area contributed by atoms with Crippen molar-refractivity contribution in [2.24, 2.45) is 0 Å². The number of para-hydroxylation sites is 1. The fourth-order valence-corrected chi connectivity index (χ4v) is 5.65. The Bertz CT molecular complexity index is 1110. The number of amides is 2. The van der Waals surface area contributed by atoms with Crippen LogP contribution in [-0.4, -0.2) is 32.0 Å². The number of rotatable bonds is 7. The first-order valence-corrected chi connectivity index (χ1v) is 12.7. The number of fused-ring (bicyclic) bond motifs is 1. The Morgan fingerprint density at radius 3 is 2.85 bits per heavy atom. The molecule has 2 aromatic rings. The number of anilines is 1. The van der Waals surface area contributed by atoms with Gasteiger partial charge in [-0.25, -0.2) is 0 Å². The lowest BCUT2D eigenvalue weighted by molar-refractivity contribution is -0.122. The second-order valence-corrected chi connectivity index (χ2v) is 10.0. The molecule has 33 heavy (non-hydrogen) atoms. The maximum atomic E-state index is 13.4. The first kappa shape index (κ1) is 23.6. The van der Waals surface area contributed by atoms with Crippen LogP contribution in [0.5, 0.6) is 5.75 Å². The van der Waals surface area contributed by atoms with Crippen LogP contribution in [-0.2, 0) is 9.59 Å². The molecule has 0 saturated carbocycles. The highest BCUT2D eigenvalue weighted by Crippen LogP contribution is 2.42. The predicted molar refractivity (Wildman–Crippen MR) is 138 cm³/mol. The summed E-state index contributed by atoms with van der Waals surface area (Å²) in [7, 11) is 1.62. The van der Waals surface area contributed by atoms with E-state index in [0.717, 1.165) is 45.6 Å². The Kier molecular flexibility index (Phi) is 7.93. The van der Waals surface area contributed by atoms with Crippen LogP contribution in [0.15, 0.2) is 68.4 Å². The van der Waals surface area contributed by atoms with Crippen LogP contribution in [0.2, 0.25) is 0 Å². The number of carbonyl (C=O) groups excluding carboxylic acids is 2. The molecule has 2 aromatic carbocycles. The summed E-state index contributed by atoms with van der Waals surface area (Å²) in [6.45, 7) is 0.602. The number of allylic oxidation sites excluding steroid dienone is 1. The fourth-order valence-electron chi connectivity index (χ4n) is 4.04. The number of benzene rings is 2. The van der Waals surface area contributed by atoms with Gasteiger partial charge in [0, 0.05) is 11.4 Å². The third-order valence-electron chi connectivity index (χ3n) is 5.76. The Labute approximate surface area is 207 Å². The first-order chi connectivity index (χ1) is 16.0. The second kappa shape index (κ2) is 11.1. The van der Waals surface area contributed by atoms with E-state index >= 15 is 0 Å². The van der Waals surface area contributed by atoms with E-state index < -0.39 is 0 Å². The van der Waals surface area contributed by atoms with Gasteiger partial charge in [-0.3, -0.25) is 14.5 Å². The van der Waals surface area contributed by atoms with Crippen molar-refractivity contribution in [2.45, 2.75) is 37.0 Å². The minimum Gasteiger partial charge on any atom is -0.496 e. The van der Waals surface area contributed by atoms with E-state index in [1.165, 1.54) is 30.2 Å². The third kappa shape index (κ3) is 5.89. The zero-order valence-corrected chi connectivity index (χ0v) is 21.0. The van der Waals surface area contributed by atoms with Crippen molar-refractivity contribution in [1.82, 2.24) is 5.32 Å². The molecule has 7 heteroatoms. The van der Waals surface area contributed by atoms with E-state index in [1.54, 1.807) is 12.0 Å². The number of ether oxygens (including phenoxy) is 1. The molecule has 1 aliphatic heterocycles. The van der Waals surface area contributed by atoms with Gasteiger partial charge in [0.2, 0.25) is 5.91 Å². The highest BCUT2D eigenvalue weighted by molar-refractivity contribution is 9.10. The van der Waals surface area contributed by atoms with Crippen molar-refractivity contribution in [1.29, 1.82) is 0 Å². The quantitative estimate of drug-likeness (QED) is 0.358. The molecule has 0 saturated heterocycles. The van der Waals surface area contributed by atoms with E-state index in [0.29, 0.717) is 11.4 Å². The summed E-state index contributed by atoms with van der Waals surface area (Å²) < 4.78 is 6.11. The second-order valence-electron chi connectivity index (χ2n) is 8.07. The molecule has 0 aromatic heterocycles. The highest BCUT2D eigenvalue weighted by Gasteiger charge is 2.30. The smallest absolute Gasteiger partial charge is 0.265 e. The number of hydrogen-bond donors (Lipinski definition) is 1. The molecule has 0 radical (unpaired) electrons. The number of nitrogens with one attached hydrogen (secondary N) is 1. The van der Waals surface area contributed by atoms with Gasteiger partial charge in [-0.1, -0.05) is 41.6 Å². The minimum absolute atomic E-state index is 0.000892. The number of nitrogens with zero attached hydrogens (tertiary/aromatic N) is 1. The van der Waals surface area contributed by atoms with Crippen LogP contribution < -0.4 is 15.0 Å². The lowest BCUT2D eigenvalue weighted by Gasteiger charge is -2.30.